The monoisotopic (exact) mass is 371 g/mol. The summed E-state index contributed by atoms with van der Waals surface area (Å²) >= 11 is 0. The van der Waals surface area contributed by atoms with Crippen LogP contribution in [0.3, 0.4) is 0 Å². The molecule has 1 aliphatic heterocycles. The van der Waals surface area contributed by atoms with Gasteiger partial charge in [0.05, 0.1) is 16.7 Å². The van der Waals surface area contributed by atoms with Crippen LogP contribution in [0, 0.1) is 6.92 Å². The Morgan fingerprint density at radius 3 is 2.37 bits per heavy atom. The lowest BCUT2D eigenvalue weighted by molar-refractivity contribution is -0.0118. The summed E-state index contributed by atoms with van der Waals surface area (Å²) in [4.78, 5) is 12.9. The molecular weight excluding hydrogens is 341 g/mol. The van der Waals surface area contributed by atoms with Crippen molar-refractivity contribution in [3.05, 3.63) is 30.0 Å². The van der Waals surface area contributed by atoms with Crippen molar-refractivity contribution in [1.29, 1.82) is 0 Å². The maximum Gasteiger partial charge on any atom is 0.497 e. The molecule has 1 unspecified atom stereocenters. The van der Waals surface area contributed by atoms with E-state index < -0.39 is 30.0 Å². The molecule has 1 atom stereocenters. The summed E-state index contributed by atoms with van der Waals surface area (Å²) in [7, 11) is -0.529. The molecule has 0 aliphatic carbocycles. The molecule has 0 N–H and O–H groups in total. The van der Waals surface area contributed by atoms with Gasteiger partial charge in [0.25, 0.3) is 0 Å². The second-order valence-electron chi connectivity index (χ2n) is 8.99. The summed E-state index contributed by atoms with van der Waals surface area (Å²) in [6.45, 7) is 15.8. The molecule has 0 saturated carbocycles. The fourth-order valence-electron chi connectivity index (χ4n) is 3.65. The van der Waals surface area contributed by atoms with E-state index in [1.54, 1.807) is 4.57 Å². The molecule has 146 valence electrons. The number of hydrogen-bond acceptors (Lipinski definition) is 4. The van der Waals surface area contributed by atoms with Gasteiger partial charge in [0.15, 0.2) is 0 Å². The molecule has 1 aromatic heterocycles. The van der Waals surface area contributed by atoms with Crippen LogP contribution in [-0.2, 0) is 14.0 Å². The van der Waals surface area contributed by atoms with Crippen molar-refractivity contribution in [3.63, 3.8) is 0 Å². The minimum atomic E-state index is -0.571. The van der Waals surface area contributed by atoms with Gasteiger partial charge < -0.3 is 14.0 Å². The molecule has 0 bridgehead atoms. The summed E-state index contributed by atoms with van der Waals surface area (Å²) in [5, 5.41) is 0.946. The third kappa shape index (κ3) is 3.30. The Balaban J connectivity index is 2.13. The van der Waals surface area contributed by atoms with Crippen LogP contribution in [0.1, 0.15) is 60.6 Å². The topological polar surface area (TPSA) is 49.7 Å². The molecule has 1 saturated heterocycles. The Morgan fingerprint density at radius 2 is 1.81 bits per heavy atom. The first-order chi connectivity index (χ1) is 12.4. The summed E-state index contributed by atoms with van der Waals surface area (Å²) in [5.41, 5.74) is 1.06. The number of nitrogens with zero attached hydrogens (tertiary/aromatic N) is 1. The minimum absolute atomic E-state index is 0.391. The molecule has 0 spiro atoms. The first-order valence-corrected chi connectivity index (χ1v) is 9.59. The summed E-state index contributed by atoms with van der Waals surface area (Å²) in [5.74, 6) is 0. The van der Waals surface area contributed by atoms with Gasteiger partial charge in [0, 0.05) is 16.5 Å². The van der Waals surface area contributed by atoms with Crippen LogP contribution in [-0.4, -0.2) is 34.6 Å². The second-order valence-corrected chi connectivity index (χ2v) is 8.99. The molecule has 3 rings (SSSR count). The van der Waals surface area contributed by atoms with E-state index >= 15 is 0 Å². The van der Waals surface area contributed by atoms with Crippen LogP contribution >= 0.6 is 0 Å². The van der Waals surface area contributed by atoms with Crippen LogP contribution in [0.4, 0.5) is 4.79 Å². The number of aromatic nitrogens is 1. The normalized spacial score (nSPS) is 22.4. The van der Waals surface area contributed by atoms with E-state index in [2.05, 4.69) is 27.7 Å². The molecule has 1 aliphatic rings. The van der Waals surface area contributed by atoms with Crippen LogP contribution < -0.4 is 5.46 Å². The Morgan fingerprint density at radius 1 is 1.19 bits per heavy atom. The summed E-state index contributed by atoms with van der Waals surface area (Å²) in [6.07, 6.45) is 0.443. The number of benzene rings is 1. The van der Waals surface area contributed by atoms with Crippen molar-refractivity contribution < 1.29 is 18.8 Å². The van der Waals surface area contributed by atoms with Crippen molar-refractivity contribution in [2.24, 2.45) is 0 Å². The Bertz CT molecular complexity index is 880. The van der Waals surface area contributed by atoms with Gasteiger partial charge in [0.2, 0.25) is 0 Å². The number of ether oxygens (including phenoxy) is 1. The minimum Gasteiger partial charge on any atom is -0.443 e. The van der Waals surface area contributed by atoms with Gasteiger partial charge in [-0.25, -0.2) is 4.79 Å². The average Bonchev–Trinajstić information content (AvgIpc) is 2.96. The van der Waals surface area contributed by atoms with Gasteiger partial charge in [-0.05, 0) is 61.0 Å². The molecule has 1 aromatic carbocycles. The van der Waals surface area contributed by atoms with Crippen molar-refractivity contribution in [2.75, 3.05) is 0 Å². The highest BCUT2D eigenvalue weighted by atomic mass is 16.7. The highest BCUT2D eigenvalue weighted by molar-refractivity contribution is 6.66. The zero-order chi connectivity index (χ0) is 20.2. The molecule has 2 aromatic rings. The van der Waals surface area contributed by atoms with Crippen LogP contribution in [0.5, 0.6) is 0 Å². The number of carbonyl (C=O) groups excluding carboxylic acids is 1. The van der Waals surface area contributed by atoms with E-state index in [9.17, 15) is 4.79 Å². The molecule has 2 heterocycles. The number of rotatable bonds is 2. The van der Waals surface area contributed by atoms with Gasteiger partial charge >= 0.3 is 13.2 Å². The average molecular weight is 371 g/mol. The third-order valence-electron chi connectivity index (χ3n) is 5.69. The van der Waals surface area contributed by atoms with Crippen LogP contribution in [0.15, 0.2) is 24.3 Å². The predicted molar refractivity (Wildman–Crippen MR) is 109 cm³/mol. The largest absolute Gasteiger partial charge is 0.497 e. The van der Waals surface area contributed by atoms with E-state index in [1.165, 1.54) is 0 Å². The number of fused-ring (bicyclic) bond motifs is 1. The molecule has 5 nitrogen and oxygen atoms in total. The molecule has 0 amide bonds. The second kappa shape index (κ2) is 6.38. The first kappa shape index (κ1) is 20.0. The van der Waals surface area contributed by atoms with Crippen molar-refractivity contribution in [3.8, 4) is 0 Å². The lowest BCUT2D eigenvalue weighted by Crippen LogP contribution is -2.44. The van der Waals surface area contributed by atoms with Crippen molar-refractivity contribution in [1.82, 2.24) is 4.57 Å². The summed E-state index contributed by atoms with van der Waals surface area (Å²) in [6, 6.07) is 7.81. The fourth-order valence-corrected chi connectivity index (χ4v) is 3.65. The fraction of sp³-hybridized carbons (Fsp3) is 0.571. The number of hydrogen-bond donors (Lipinski definition) is 0. The zero-order valence-corrected chi connectivity index (χ0v) is 17.7. The maximum absolute atomic E-state index is 12.9. The number of para-hydroxylation sites is 1. The lowest BCUT2D eigenvalue weighted by Gasteiger charge is -2.35. The highest BCUT2D eigenvalue weighted by Crippen LogP contribution is 2.40. The van der Waals surface area contributed by atoms with E-state index in [-0.39, 0.29) is 0 Å². The van der Waals surface area contributed by atoms with E-state index in [1.807, 2.05) is 52.0 Å². The van der Waals surface area contributed by atoms with Crippen LogP contribution in [0.25, 0.3) is 10.9 Å². The van der Waals surface area contributed by atoms with Crippen molar-refractivity contribution >= 4 is 29.6 Å². The predicted octanol–water partition coefficient (Wildman–Crippen LogP) is 4.42. The van der Waals surface area contributed by atoms with Gasteiger partial charge in [-0.1, -0.05) is 25.1 Å². The van der Waals surface area contributed by atoms with Crippen molar-refractivity contribution in [2.45, 2.75) is 78.6 Å². The SMILES string of the molecule is CCC1(C)OB(c2c(C)n(C(=O)OC(C)(C)C)c3ccccc23)OC1(C)C. The van der Waals surface area contributed by atoms with Gasteiger partial charge in [-0.3, -0.25) is 4.57 Å². The highest BCUT2D eigenvalue weighted by Gasteiger charge is 2.54. The van der Waals surface area contributed by atoms with Gasteiger partial charge in [-0.15, -0.1) is 0 Å². The summed E-state index contributed by atoms with van der Waals surface area (Å²) < 4.78 is 20.0. The quantitative estimate of drug-likeness (QED) is 0.734. The first-order valence-electron chi connectivity index (χ1n) is 9.59. The van der Waals surface area contributed by atoms with Gasteiger partial charge in [-0.2, -0.15) is 0 Å². The zero-order valence-electron chi connectivity index (χ0n) is 17.7. The molecule has 27 heavy (non-hydrogen) atoms. The Labute approximate surface area is 162 Å². The van der Waals surface area contributed by atoms with E-state index in [4.69, 9.17) is 14.0 Å². The molecule has 0 radical (unpaired) electrons. The molecular formula is C21H30BNO4. The maximum atomic E-state index is 12.9. The molecule has 6 heteroatoms. The van der Waals surface area contributed by atoms with E-state index in [0.717, 1.165) is 28.5 Å². The Kier molecular flexibility index (Phi) is 4.72. The van der Waals surface area contributed by atoms with Gasteiger partial charge in [0.1, 0.15) is 5.60 Å². The van der Waals surface area contributed by atoms with Crippen LogP contribution in [0.2, 0.25) is 0 Å². The third-order valence-corrected chi connectivity index (χ3v) is 5.69. The molecule has 1 fully saturated rings. The van der Waals surface area contributed by atoms with E-state index in [0.29, 0.717) is 0 Å². The standard InChI is InChI=1S/C21H30BNO4/c1-9-21(8)20(6,7)26-22(27-21)17-14(2)23(18(24)25-19(3,4)5)16-13-11-10-12-15(16)17/h10-13H,9H2,1-8H3. The number of carbonyl (C=O) groups is 1. The Hall–Kier alpha value is -1.79. The lowest BCUT2D eigenvalue weighted by atomic mass is 9.77. The smallest absolute Gasteiger partial charge is 0.443 e.